The summed E-state index contributed by atoms with van der Waals surface area (Å²) in [6.07, 6.45) is 1.60. The molecule has 0 aliphatic heterocycles. The number of rotatable bonds is 2. The molecule has 0 atom stereocenters. The fraction of sp³-hybridized carbons (Fsp3) is 0.167. The molecule has 0 radical (unpaired) electrons. The van der Waals surface area contributed by atoms with E-state index in [0.29, 0.717) is 17.3 Å². The summed E-state index contributed by atoms with van der Waals surface area (Å²) in [4.78, 5) is 8.49. The van der Waals surface area contributed by atoms with Crippen LogP contribution in [0.15, 0.2) is 28.9 Å². The number of nitrogens with two attached hydrogens (primary N) is 1. The molecule has 2 N–H and O–H groups in total. The minimum Gasteiger partial charge on any atom is -0.436 e. The van der Waals surface area contributed by atoms with Crippen LogP contribution < -0.4 is 10.5 Å². The quantitative estimate of drug-likeness (QED) is 0.864. The molecule has 0 aliphatic rings. The zero-order valence-corrected chi connectivity index (χ0v) is 11.2. The van der Waals surface area contributed by atoms with Crippen LogP contribution in [0.25, 0.3) is 0 Å². The molecule has 88 valence electrons. The largest absolute Gasteiger partial charge is 0.436 e. The van der Waals surface area contributed by atoms with Gasteiger partial charge in [0, 0.05) is 5.69 Å². The number of aryl methyl sites for hydroxylation is 2. The summed E-state index contributed by atoms with van der Waals surface area (Å²) in [5, 5.41) is 0. The molecule has 1 aromatic carbocycles. The van der Waals surface area contributed by atoms with Crippen LogP contribution in [-0.4, -0.2) is 9.97 Å². The molecular formula is C12H12BrN3O. The monoisotopic (exact) mass is 293 g/mol. The summed E-state index contributed by atoms with van der Waals surface area (Å²) >= 11 is 3.37. The Labute approximate surface area is 108 Å². The second-order valence-electron chi connectivity index (χ2n) is 3.64. The van der Waals surface area contributed by atoms with Crippen molar-refractivity contribution in [2.75, 3.05) is 5.73 Å². The number of halogens is 1. The zero-order chi connectivity index (χ0) is 12.4. The van der Waals surface area contributed by atoms with Crippen molar-refractivity contribution in [1.29, 1.82) is 0 Å². The maximum atomic E-state index is 5.77. The van der Waals surface area contributed by atoms with Crippen molar-refractivity contribution >= 4 is 21.6 Å². The molecule has 2 rings (SSSR count). The zero-order valence-electron chi connectivity index (χ0n) is 9.57. The smallest absolute Gasteiger partial charge is 0.238 e. The molecular weight excluding hydrogens is 282 g/mol. The maximum absolute atomic E-state index is 5.77. The summed E-state index contributed by atoms with van der Waals surface area (Å²) in [5.74, 6) is 1.09. The Morgan fingerprint density at radius 3 is 2.71 bits per heavy atom. The summed E-state index contributed by atoms with van der Waals surface area (Å²) < 4.78 is 6.35. The predicted molar refractivity (Wildman–Crippen MR) is 70.1 cm³/mol. The molecule has 0 unspecified atom stereocenters. The van der Waals surface area contributed by atoms with E-state index in [1.54, 1.807) is 12.3 Å². The van der Waals surface area contributed by atoms with E-state index in [4.69, 9.17) is 10.5 Å². The molecule has 0 bridgehead atoms. The number of aromatic nitrogens is 2. The minimum atomic E-state index is 0.458. The topological polar surface area (TPSA) is 61.0 Å². The molecule has 5 heteroatoms. The van der Waals surface area contributed by atoms with Crippen LogP contribution >= 0.6 is 15.9 Å². The van der Waals surface area contributed by atoms with E-state index in [-0.39, 0.29) is 0 Å². The number of ether oxygens (including phenoxy) is 1. The van der Waals surface area contributed by atoms with Gasteiger partial charge in [0.05, 0.1) is 22.1 Å². The highest BCUT2D eigenvalue weighted by molar-refractivity contribution is 9.10. The van der Waals surface area contributed by atoms with Gasteiger partial charge in [-0.05, 0) is 41.9 Å². The van der Waals surface area contributed by atoms with Gasteiger partial charge in [0.25, 0.3) is 0 Å². The number of anilines is 1. The first-order valence-electron chi connectivity index (χ1n) is 5.10. The number of hydrogen-bond acceptors (Lipinski definition) is 4. The first-order chi connectivity index (χ1) is 8.08. The van der Waals surface area contributed by atoms with Gasteiger partial charge in [-0.25, -0.2) is 4.98 Å². The minimum absolute atomic E-state index is 0.458. The molecule has 17 heavy (non-hydrogen) atoms. The van der Waals surface area contributed by atoms with Gasteiger partial charge in [0.2, 0.25) is 5.88 Å². The highest BCUT2D eigenvalue weighted by atomic mass is 79.9. The van der Waals surface area contributed by atoms with Crippen LogP contribution in [0.1, 0.15) is 11.4 Å². The van der Waals surface area contributed by atoms with Crippen LogP contribution in [0.4, 0.5) is 5.69 Å². The van der Waals surface area contributed by atoms with Crippen LogP contribution in [0.3, 0.4) is 0 Å². The Morgan fingerprint density at radius 1 is 1.24 bits per heavy atom. The van der Waals surface area contributed by atoms with Crippen LogP contribution in [0, 0.1) is 13.8 Å². The van der Waals surface area contributed by atoms with Crippen molar-refractivity contribution in [1.82, 2.24) is 9.97 Å². The molecule has 4 nitrogen and oxygen atoms in total. The second kappa shape index (κ2) is 4.71. The Hall–Kier alpha value is -1.62. The molecule has 0 saturated carbocycles. The maximum Gasteiger partial charge on any atom is 0.238 e. The second-order valence-corrected chi connectivity index (χ2v) is 4.43. The lowest BCUT2D eigenvalue weighted by Gasteiger charge is -2.09. The average Bonchev–Trinajstić information content (AvgIpc) is 2.30. The lowest BCUT2D eigenvalue weighted by Crippen LogP contribution is -1.96. The van der Waals surface area contributed by atoms with E-state index < -0.39 is 0 Å². The lowest BCUT2D eigenvalue weighted by atomic mass is 10.3. The van der Waals surface area contributed by atoms with Gasteiger partial charge in [0.15, 0.2) is 0 Å². The fourth-order valence-electron chi connectivity index (χ4n) is 1.29. The Kier molecular flexibility index (Phi) is 3.28. The van der Waals surface area contributed by atoms with E-state index >= 15 is 0 Å². The van der Waals surface area contributed by atoms with Crippen LogP contribution in [0.5, 0.6) is 11.6 Å². The van der Waals surface area contributed by atoms with Gasteiger partial charge >= 0.3 is 0 Å². The van der Waals surface area contributed by atoms with Crippen LogP contribution in [0.2, 0.25) is 0 Å². The van der Waals surface area contributed by atoms with Gasteiger partial charge in [-0.1, -0.05) is 6.07 Å². The Morgan fingerprint density at radius 2 is 2.00 bits per heavy atom. The van der Waals surface area contributed by atoms with E-state index in [0.717, 1.165) is 15.9 Å². The molecule has 0 saturated heterocycles. The lowest BCUT2D eigenvalue weighted by molar-refractivity contribution is 0.455. The third-order valence-corrected chi connectivity index (χ3v) is 3.23. The summed E-state index contributed by atoms with van der Waals surface area (Å²) in [7, 11) is 0. The predicted octanol–water partition coefficient (Wildman–Crippen LogP) is 3.23. The van der Waals surface area contributed by atoms with Crippen molar-refractivity contribution in [3.05, 3.63) is 40.3 Å². The molecule has 1 aromatic heterocycles. The Balaban J connectivity index is 2.31. The van der Waals surface area contributed by atoms with E-state index in [2.05, 4.69) is 25.9 Å². The van der Waals surface area contributed by atoms with Crippen molar-refractivity contribution in [3.8, 4) is 11.6 Å². The Bertz CT molecular complexity index is 557. The SMILES string of the molecule is Cc1ncc(Oc2cccc(N)c2Br)nc1C. The molecule has 0 spiro atoms. The van der Waals surface area contributed by atoms with Gasteiger partial charge in [0.1, 0.15) is 5.75 Å². The summed E-state index contributed by atoms with van der Waals surface area (Å²) in [5.41, 5.74) is 8.13. The highest BCUT2D eigenvalue weighted by Crippen LogP contribution is 2.32. The highest BCUT2D eigenvalue weighted by Gasteiger charge is 2.07. The first kappa shape index (κ1) is 11.9. The number of nitrogens with zero attached hydrogens (tertiary/aromatic N) is 2. The third kappa shape index (κ3) is 2.55. The van der Waals surface area contributed by atoms with Gasteiger partial charge in [-0.2, -0.15) is 0 Å². The molecule has 0 aliphatic carbocycles. The van der Waals surface area contributed by atoms with Crippen molar-refractivity contribution in [3.63, 3.8) is 0 Å². The normalized spacial score (nSPS) is 10.3. The fourth-order valence-corrected chi connectivity index (χ4v) is 1.63. The number of hydrogen-bond donors (Lipinski definition) is 1. The number of benzene rings is 1. The van der Waals surface area contributed by atoms with E-state index in [9.17, 15) is 0 Å². The molecule has 2 aromatic rings. The molecule has 0 amide bonds. The standard InChI is InChI=1S/C12H12BrN3O/c1-7-8(2)16-11(6-15-7)17-10-5-3-4-9(14)12(10)13/h3-6H,14H2,1-2H3. The van der Waals surface area contributed by atoms with Crippen molar-refractivity contribution in [2.45, 2.75) is 13.8 Å². The van der Waals surface area contributed by atoms with Crippen molar-refractivity contribution < 1.29 is 4.74 Å². The van der Waals surface area contributed by atoms with Crippen LogP contribution in [-0.2, 0) is 0 Å². The van der Waals surface area contributed by atoms with E-state index in [1.165, 1.54) is 0 Å². The first-order valence-corrected chi connectivity index (χ1v) is 5.89. The molecule has 1 heterocycles. The molecule has 0 fully saturated rings. The van der Waals surface area contributed by atoms with Gasteiger partial charge < -0.3 is 10.5 Å². The third-order valence-electron chi connectivity index (χ3n) is 2.38. The van der Waals surface area contributed by atoms with Crippen molar-refractivity contribution in [2.24, 2.45) is 0 Å². The summed E-state index contributed by atoms with van der Waals surface area (Å²) in [6.45, 7) is 3.80. The van der Waals surface area contributed by atoms with Gasteiger partial charge in [-0.15, -0.1) is 0 Å². The van der Waals surface area contributed by atoms with Gasteiger partial charge in [-0.3, -0.25) is 4.98 Å². The summed E-state index contributed by atoms with van der Waals surface area (Å²) in [6, 6.07) is 5.43. The van der Waals surface area contributed by atoms with E-state index in [1.807, 2.05) is 26.0 Å². The number of nitrogen functional groups attached to an aromatic ring is 1. The average molecular weight is 294 g/mol.